The van der Waals surface area contributed by atoms with Gasteiger partial charge >= 0.3 is 0 Å². The third kappa shape index (κ3) is 3.83. The number of hydrogen-bond acceptors (Lipinski definition) is 3. The molecule has 31 heavy (non-hydrogen) atoms. The van der Waals surface area contributed by atoms with Crippen LogP contribution in [0.5, 0.6) is 0 Å². The molecule has 2 aliphatic heterocycles. The first kappa shape index (κ1) is 20.5. The van der Waals surface area contributed by atoms with Gasteiger partial charge in [0.05, 0.1) is 11.7 Å². The smallest absolute Gasteiger partial charge is 0.220 e. The standard InChI is InChI=1S/C26H27N2O2S/c29-24(21-12-6-2-7-13-21)18-28-19-31-26(22-14-8-3-9-15-22)23(28)17-27(30)25(28)16-20-10-4-1-5-11-20/h1-15,23,25-27H,16-19H2/q+1. The first-order chi connectivity index (χ1) is 15.2. The minimum Gasteiger partial charge on any atom is -0.630 e. The molecule has 0 radical (unpaired) electrons. The highest BCUT2D eigenvalue weighted by Gasteiger charge is 2.62. The Morgan fingerprint density at radius 3 is 2.23 bits per heavy atom. The number of benzene rings is 3. The molecular formula is C26H27N2O2S+. The van der Waals surface area contributed by atoms with E-state index in [2.05, 4.69) is 36.4 Å². The summed E-state index contributed by atoms with van der Waals surface area (Å²) >= 11 is 1.91. The predicted octanol–water partition coefficient (Wildman–Crippen LogP) is 3.47. The first-order valence-corrected chi connectivity index (χ1v) is 11.9. The molecule has 2 saturated heterocycles. The molecule has 0 bridgehead atoms. The highest BCUT2D eigenvalue weighted by molar-refractivity contribution is 7.99. The quantitative estimate of drug-likeness (QED) is 0.369. The number of Topliss-reactive ketones (excluding diaryl/α,β-unsaturated/α-hetero) is 1. The number of carbonyl (C=O) groups excluding carboxylic acids is 1. The van der Waals surface area contributed by atoms with E-state index in [0.717, 1.165) is 11.4 Å². The number of thioether (sulfide) groups is 1. The summed E-state index contributed by atoms with van der Waals surface area (Å²) in [5.74, 6) is 0.930. The Morgan fingerprint density at radius 2 is 1.55 bits per heavy atom. The van der Waals surface area contributed by atoms with Gasteiger partial charge in [0.25, 0.3) is 0 Å². The van der Waals surface area contributed by atoms with Crippen LogP contribution in [0.3, 0.4) is 0 Å². The van der Waals surface area contributed by atoms with E-state index >= 15 is 0 Å². The van der Waals surface area contributed by atoms with Crippen LogP contribution < -0.4 is 5.06 Å². The maximum atomic E-state index is 13.4. The molecule has 1 N–H and O–H groups in total. The second-order valence-corrected chi connectivity index (χ2v) is 9.72. The number of hydrogen-bond donors (Lipinski definition) is 1. The molecule has 5 atom stereocenters. The van der Waals surface area contributed by atoms with E-state index < -0.39 is 0 Å². The van der Waals surface area contributed by atoms with Gasteiger partial charge in [-0.1, -0.05) is 103 Å². The lowest BCUT2D eigenvalue weighted by Gasteiger charge is -2.38. The van der Waals surface area contributed by atoms with Crippen molar-refractivity contribution in [3.05, 3.63) is 113 Å². The van der Waals surface area contributed by atoms with E-state index in [-0.39, 0.29) is 23.2 Å². The summed E-state index contributed by atoms with van der Waals surface area (Å²) in [6.45, 7) is 0.931. The average molecular weight is 432 g/mol. The lowest BCUT2D eigenvalue weighted by Crippen LogP contribution is -3.11. The summed E-state index contributed by atoms with van der Waals surface area (Å²) < 4.78 is 0.575. The summed E-state index contributed by atoms with van der Waals surface area (Å²) in [6, 6.07) is 30.4. The van der Waals surface area contributed by atoms with Crippen LogP contribution in [0.1, 0.15) is 26.7 Å². The van der Waals surface area contributed by atoms with Gasteiger partial charge < -0.3 is 10.3 Å². The Morgan fingerprint density at radius 1 is 0.935 bits per heavy atom. The molecule has 2 fully saturated rings. The fraction of sp³-hybridized carbons (Fsp3) is 0.269. The van der Waals surface area contributed by atoms with Gasteiger partial charge in [0.2, 0.25) is 11.9 Å². The van der Waals surface area contributed by atoms with E-state index in [0.29, 0.717) is 29.1 Å². The Kier molecular flexibility index (Phi) is 5.67. The normalized spacial score (nSPS) is 29.6. The van der Waals surface area contributed by atoms with Gasteiger partial charge in [0.15, 0.2) is 6.04 Å². The Balaban J connectivity index is 1.51. The fourth-order valence-corrected chi connectivity index (χ4v) is 7.10. The summed E-state index contributed by atoms with van der Waals surface area (Å²) in [4.78, 5) is 13.3. The molecule has 2 heterocycles. The molecule has 2 aliphatic rings. The molecule has 0 amide bonds. The highest BCUT2D eigenvalue weighted by Crippen LogP contribution is 2.48. The second-order valence-electron chi connectivity index (χ2n) is 8.62. The average Bonchev–Trinajstić information content (AvgIpc) is 3.29. The largest absolute Gasteiger partial charge is 0.630 e. The topological polar surface area (TPSA) is 44.6 Å². The van der Waals surface area contributed by atoms with Crippen LogP contribution >= 0.6 is 11.8 Å². The van der Waals surface area contributed by atoms with Crippen molar-refractivity contribution < 1.29 is 14.3 Å². The van der Waals surface area contributed by atoms with Crippen LogP contribution in [-0.4, -0.2) is 41.4 Å². The van der Waals surface area contributed by atoms with E-state index in [9.17, 15) is 10.0 Å². The van der Waals surface area contributed by atoms with Crippen molar-refractivity contribution in [2.24, 2.45) is 0 Å². The van der Waals surface area contributed by atoms with Crippen molar-refractivity contribution in [3.8, 4) is 0 Å². The number of fused-ring (bicyclic) bond motifs is 1. The van der Waals surface area contributed by atoms with Crippen LogP contribution in [0, 0.1) is 5.21 Å². The number of hydroxylamine groups is 2. The van der Waals surface area contributed by atoms with Crippen LogP contribution in [0.2, 0.25) is 0 Å². The van der Waals surface area contributed by atoms with Gasteiger partial charge in [0, 0.05) is 5.56 Å². The number of nitrogens with one attached hydrogen (secondary N) is 1. The zero-order valence-corrected chi connectivity index (χ0v) is 18.2. The highest BCUT2D eigenvalue weighted by atomic mass is 32.2. The molecule has 5 rings (SSSR count). The van der Waals surface area contributed by atoms with Gasteiger partial charge in [-0.2, -0.15) is 0 Å². The van der Waals surface area contributed by atoms with E-state index in [1.54, 1.807) is 0 Å². The van der Waals surface area contributed by atoms with Gasteiger partial charge in [-0.05, 0) is 11.1 Å². The van der Waals surface area contributed by atoms with Crippen molar-refractivity contribution in [2.75, 3.05) is 19.0 Å². The Hall–Kier alpha value is -2.44. The van der Waals surface area contributed by atoms with Crippen molar-refractivity contribution in [3.63, 3.8) is 0 Å². The van der Waals surface area contributed by atoms with Crippen LogP contribution in [0.15, 0.2) is 91.0 Å². The minimum atomic E-state index is -0.165. The lowest BCUT2D eigenvalue weighted by atomic mass is 10.0. The SMILES string of the molecule is O=C(C[N+]12CSC(c3ccccc3)C1C[NH+]([O-])C2Cc1ccccc1)c1ccccc1. The molecule has 0 spiro atoms. The van der Waals surface area contributed by atoms with Gasteiger partial charge in [0.1, 0.15) is 19.0 Å². The van der Waals surface area contributed by atoms with Crippen LogP contribution in [-0.2, 0) is 6.42 Å². The van der Waals surface area contributed by atoms with E-state index in [4.69, 9.17) is 0 Å². The van der Waals surface area contributed by atoms with E-state index in [1.165, 1.54) is 11.1 Å². The first-order valence-electron chi connectivity index (χ1n) is 10.9. The summed E-state index contributed by atoms with van der Waals surface area (Å²) in [5.41, 5.74) is 3.16. The van der Waals surface area contributed by atoms with Gasteiger partial charge in [-0.25, -0.2) is 0 Å². The molecule has 5 unspecified atom stereocenters. The molecule has 3 aromatic carbocycles. The number of ketones is 1. The Labute approximate surface area is 187 Å². The fourth-order valence-electron chi connectivity index (χ4n) is 5.28. The van der Waals surface area contributed by atoms with Crippen molar-refractivity contribution in [1.82, 2.24) is 0 Å². The lowest BCUT2D eigenvalue weighted by molar-refractivity contribution is -1.05. The molecule has 0 aliphatic carbocycles. The minimum absolute atomic E-state index is 0.132. The zero-order chi connectivity index (χ0) is 21.3. The van der Waals surface area contributed by atoms with Crippen molar-refractivity contribution in [2.45, 2.75) is 23.9 Å². The summed E-state index contributed by atoms with van der Waals surface area (Å²) in [6.07, 6.45) is 0.529. The zero-order valence-electron chi connectivity index (χ0n) is 17.4. The van der Waals surface area contributed by atoms with E-state index in [1.807, 2.05) is 66.4 Å². The molecular weight excluding hydrogens is 404 g/mol. The summed E-state index contributed by atoms with van der Waals surface area (Å²) in [5, 5.41) is 13.9. The maximum Gasteiger partial charge on any atom is 0.220 e. The van der Waals surface area contributed by atoms with Crippen LogP contribution in [0.4, 0.5) is 0 Å². The molecule has 158 valence electrons. The maximum absolute atomic E-state index is 13.4. The van der Waals surface area contributed by atoms with Gasteiger partial charge in [-0.15, -0.1) is 0 Å². The monoisotopic (exact) mass is 431 g/mol. The van der Waals surface area contributed by atoms with Crippen LogP contribution in [0.25, 0.3) is 0 Å². The Bertz CT molecular complexity index is 1030. The third-order valence-corrected chi connectivity index (χ3v) is 8.42. The van der Waals surface area contributed by atoms with Crippen molar-refractivity contribution >= 4 is 17.5 Å². The predicted molar refractivity (Wildman–Crippen MR) is 124 cm³/mol. The molecule has 0 saturated carbocycles. The number of quaternary nitrogens is 2. The van der Waals surface area contributed by atoms with Crippen molar-refractivity contribution in [1.29, 1.82) is 0 Å². The third-order valence-electron chi connectivity index (χ3n) is 6.84. The number of carbonyl (C=O) groups is 1. The molecule has 4 nitrogen and oxygen atoms in total. The number of rotatable bonds is 6. The molecule has 5 heteroatoms. The van der Waals surface area contributed by atoms with Gasteiger partial charge in [-0.3, -0.25) is 9.28 Å². The second kappa shape index (κ2) is 8.60. The molecule has 0 aromatic heterocycles. The number of nitrogens with zero attached hydrogens (tertiary/aromatic N) is 1. The summed E-state index contributed by atoms with van der Waals surface area (Å²) in [7, 11) is 0. The molecule has 3 aromatic rings.